The van der Waals surface area contributed by atoms with E-state index in [4.69, 9.17) is 10.5 Å². The average Bonchev–Trinajstić information content (AvgIpc) is 3.10. The second kappa shape index (κ2) is 11.7. The number of hydrogen-bond acceptors (Lipinski definition) is 3. The Morgan fingerprint density at radius 1 is 1.21 bits per heavy atom. The van der Waals surface area contributed by atoms with Crippen LogP contribution in [0.25, 0.3) is 0 Å². The van der Waals surface area contributed by atoms with Crippen molar-refractivity contribution < 1.29 is 9.84 Å². The lowest BCUT2D eigenvalue weighted by Gasteiger charge is -2.44. The van der Waals surface area contributed by atoms with E-state index in [0.29, 0.717) is 18.1 Å². The van der Waals surface area contributed by atoms with Gasteiger partial charge in [-0.15, -0.1) is 0 Å². The molecule has 0 aliphatic heterocycles. The van der Waals surface area contributed by atoms with Gasteiger partial charge in [-0.2, -0.15) is 0 Å². The van der Waals surface area contributed by atoms with Crippen LogP contribution >= 0.6 is 0 Å². The van der Waals surface area contributed by atoms with Crippen LogP contribution in [0.5, 0.6) is 0 Å². The van der Waals surface area contributed by atoms with Gasteiger partial charge in [0.05, 0.1) is 11.7 Å². The molecule has 0 spiro atoms. The van der Waals surface area contributed by atoms with E-state index in [9.17, 15) is 5.11 Å². The van der Waals surface area contributed by atoms with Gasteiger partial charge in [-0.25, -0.2) is 0 Å². The van der Waals surface area contributed by atoms with Crippen molar-refractivity contribution in [3.8, 4) is 0 Å². The van der Waals surface area contributed by atoms with E-state index in [1.165, 1.54) is 49.7 Å². The topological polar surface area (TPSA) is 55.5 Å². The number of aliphatic hydroxyl groups is 1. The molecule has 3 rings (SSSR count). The van der Waals surface area contributed by atoms with E-state index in [1.807, 2.05) is 13.8 Å². The molecule has 3 saturated carbocycles. The summed E-state index contributed by atoms with van der Waals surface area (Å²) in [6.07, 6.45) is 19.2. The fourth-order valence-electron chi connectivity index (χ4n) is 7.13. The molecule has 0 bridgehead atoms. The standard InChI is InChI=1S/C30H51NO2/c1-22-11-14-26(33-20-8-19-31)21-25(22)13-12-24-10-7-18-30(5)27(15-16-28(24)30)23(2)9-6-17-29(3,4)32/h12-13,23,26-28,32H,1,6-11,14-21,31H2,2-5H3/b24-12+,25-13-/t23?,26-,27+,28-,30+/m0/s1. The summed E-state index contributed by atoms with van der Waals surface area (Å²) in [5.41, 5.74) is 9.91. The van der Waals surface area contributed by atoms with E-state index in [2.05, 4.69) is 32.6 Å². The Bertz CT molecular complexity index is 715. The highest BCUT2D eigenvalue weighted by Gasteiger charge is 2.50. The summed E-state index contributed by atoms with van der Waals surface area (Å²) >= 11 is 0. The Labute approximate surface area is 203 Å². The normalized spacial score (nSPS) is 34.1. The van der Waals surface area contributed by atoms with Crippen LogP contribution in [0.15, 0.2) is 35.5 Å². The second-order valence-corrected chi connectivity index (χ2v) is 12.2. The van der Waals surface area contributed by atoms with E-state index in [0.717, 1.165) is 62.9 Å². The molecule has 3 aliphatic carbocycles. The third-order valence-corrected chi connectivity index (χ3v) is 9.04. The Morgan fingerprint density at radius 3 is 2.73 bits per heavy atom. The van der Waals surface area contributed by atoms with Crippen molar-refractivity contribution in [1.29, 1.82) is 0 Å². The molecule has 3 nitrogen and oxygen atoms in total. The number of nitrogens with two attached hydrogens (primary N) is 1. The summed E-state index contributed by atoms with van der Waals surface area (Å²) < 4.78 is 6.07. The minimum Gasteiger partial charge on any atom is -0.390 e. The molecule has 188 valence electrons. The first-order valence-corrected chi connectivity index (χ1v) is 13.8. The number of ether oxygens (including phenoxy) is 1. The molecular weight excluding hydrogens is 406 g/mol. The van der Waals surface area contributed by atoms with Gasteiger partial charge in [-0.05, 0) is 113 Å². The van der Waals surface area contributed by atoms with Crippen molar-refractivity contribution >= 4 is 0 Å². The second-order valence-electron chi connectivity index (χ2n) is 12.2. The molecule has 0 saturated heterocycles. The summed E-state index contributed by atoms with van der Waals surface area (Å²) in [6.45, 7) is 14.8. The van der Waals surface area contributed by atoms with Crippen LogP contribution in [0.1, 0.15) is 105 Å². The lowest BCUT2D eigenvalue weighted by molar-refractivity contribution is 0.0435. The lowest BCUT2D eigenvalue weighted by atomic mass is 9.60. The van der Waals surface area contributed by atoms with E-state index < -0.39 is 5.60 Å². The molecule has 3 aliphatic rings. The fraction of sp³-hybridized carbons (Fsp3) is 0.800. The maximum Gasteiger partial charge on any atom is 0.0618 e. The molecule has 3 N–H and O–H groups in total. The third kappa shape index (κ3) is 7.05. The van der Waals surface area contributed by atoms with Gasteiger partial charge in [0.1, 0.15) is 0 Å². The number of hydrogen-bond donors (Lipinski definition) is 2. The number of allylic oxidation sites excluding steroid dienone is 4. The summed E-state index contributed by atoms with van der Waals surface area (Å²) in [5, 5.41) is 10.1. The van der Waals surface area contributed by atoms with Crippen LogP contribution in [0.2, 0.25) is 0 Å². The van der Waals surface area contributed by atoms with E-state index in [1.54, 1.807) is 5.57 Å². The maximum atomic E-state index is 10.1. The summed E-state index contributed by atoms with van der Waals surface area (Å²) in [4.78, 5) is 0. The van der Waals surface area contributed by atoms with Crippen molar-refractivity contribution in [2.24, 2.45) is 28.9 Å². The van der Waals surface area contributed by atoms with Gasteiger partial charge < -0.3 is 15.6 Å². The molecule has 1 unspecified atom stereocenters. The van der Waals surface area contributed by atoms with E-state index in [-0.39, 0.29) is 0 Å². The van der Waals surface area contributed by atoms with Crippen molar-refractivity contribution in [1.82, 2.24) is 0 Å². The van der Waals surface area contributed by atoms with Crippen LogP contribution in [-0.2, 0) is 4.74 Å². The van der Waals surface area contributed by atoms with Gasteiger partial charge >= 0.3 is 0 Å². The van der Waals surface area contributed by atoms with Crippen LogP contribution < -0.4 is 5.73 Å². The Balaban J connectivity index is 1.64. The van der Waals surface area contributed by atoms with Gasteiger partial charge in [-0.3, -0.25) is 0 Å². The van der Waals surface area contributed by atoms with Gasteiger partial charge in [0.15, 0.2) is 0 Å². The minimum atomic E-state index is -0.534. The third-order valence-electron chi connectivity index (χ3n) is 9.04. The summed E-state index contributed by atoms with van der Waals surface area (Å²) in [7, 11) is 0. The van der Waals surface area contributed by atoms with Crippen molar-refractivity contribution in [3.63, 3.8) is 0 Å². The smallest absolute Gasteiger partial charge is 0.0618 e. The first-order valence-electron chi connectivity index (χ1n) is 13.8. The zero-order valence-electron chi connectivity index (χ0n) is 22.0. The SMILES string of the molecule is C=C1CC[C@H](OCCCN)C/C1=C/C=C1\CCC[C@]2(C)[C@@H](C(C)CCCC(C)(C)O)CC[C@@H]12. The van der Waals surface area contributed by atoms with E-state index >= 15 is 0 Å². The molecule has 33 heavy (non-hydrogen) atoms. The molecule has 0 aromatic rings. The van der Waals surface area contributed by atoms with Crippen molar-refractivity contribution in [3.05, 3.63) is 35.5 Å². The lowest BCUT2D eigenvalue weighted by Crippen LogP contribution is -2.36. The largest absolute Gasteiger partial charge is 0.390 e. The number of rotatable bonds is 10. The van der Waals surface area contributed by atoms with Gasteiger partial charge in [0.2, 0.25) is 0 Å². The monoisotopic (exact) mass is 457 g/mol. The molecule has 0 aromatic carbocycles. The zero-order valence-corrected chi connectivity index (χ0v) is 22.0. The molecular formula is C30H51NO2. The van der Waals surface area contributed by atoms with Crippen LogP contribution in [-0.4, -0.2) is 30.0 Å². The van der Waals surface area contributed by atoms with Gasteiger partial charge in [0, 0.05) is 6.61 Å². The molecule has 3 fully saturated rings. The van der Waals surface area contributed by atoms with Gasteiger partial charge in [-0.1, -0.05) is 56.6 Å². The van der Waals surface area contributed by atoms with Gasteiger partial charge in [0.25, 0.3) is 0 Å². The molecule has 0 radical (unpaired) electrons. The number of fused-ring (bicyclic) bond motifs is 1. The fourth-order valence-corrected chi connectivity index (χ4v) is 7.13. The summed E-state index contributed by atoms with van der Waals surface area (Å²) in [6, 6.07) is 0. The van der Waals surface area contributed by atoms with Crippen molar-refractivity contribution in [2.75, 3.05) is 13.2 Å². The molecule has 0 heterocycles. The summed E-state index contributed by atoms with van der Waals surface area (Å²) in [5.74, 6) is 2.29. The quantitative estimate of drug-likeness (QED) is 0.344. The molecule has 0 aromatic heterocycles. The van der Waals surface area contributed by atoms with Crippen LogP contribution in [0.4, 0.5) is 0 Å². The zero-order chi connectivity index (χ0) is 24.1. The minimum absolute atomic E-state index is 0.323. The average molecular weight is 458 g/mol. The first-order chi connectivity index (χ1) is 15.6. The Kier molecular flexibility index (Phi) is 9.46. The highest BCUT2D eigenvalue weighted by molar-refractivity contribution is 5.36. The molecule has 0 amide bonds. The predicted octanol–water partition coefficient (Wildman–Crippen LogP) is 7.11. The Morgan fingerprint density at radius 2 is 2.00 bits per heavy atom. The highest BCUT2D eigenvalue weighted by atomic mass is 16.5. The molecule has 3 heteroatoms. The van der Waals surface area contributed by atoms with Crippen molar-refractivity contribution in [2.45, 2.75) is 116 Å². The highest BCUT2D eigenvalue weighted by Crippen LogP contribution is 2.60. The first kappa shape index (κ1) is 26.7. The maximum absolute atomic E-state index is 10.1. The van der Waals surface area contributed by atoms with Crippen LogP contribution in [0.3, 0.4) is 0 Å². The van der Waals surface area contributed by atoms with Crippen LogP contribution in [0, 0.1) is 23.2 Å². The Hall–Kier alpha value is -0.900. The molecule has 5 atom stereocenters. The predicted molar refractivity (Wildman–Crippen MR) is 140 cm³/mol.